The summed E-state index contributed by atoms with van der Waals surface area (Å²) in [7, 11) is 0. The lowest BCUT2D eigenvalue weighted by molar-refractivity contribution is -0.141. The maximum absolute atomic E-state index is 10.5. The van der Waals surface area contributed by atoms with Gasteiger partial charge in [0.2, 0.25) is 0 Å². The molecule has 0 saturated carbocycles. The Morgan fingerprint density at radius 1 is 1.17 bits per heavy atom. The van der Waals surface area contributed by atoms with Gasteiger partial charge >= 0.3 is 11.9 Å². The Morgan fingerprint density at radius 2 is 1.86 bits per heavy atom. The number of aliphatic carboxylic acids is 2. The second-order valence-electron chi connectivity index (χ2n) is 8.89. The van der Waals surface area contributed by atoms with Crippen LogP contribution in [0.15, 0.2) is 23.8 Å². The summed E-state index contributed by atoms with van der Waals surface area (Å²) in [5.74, 6) is 0.947. The number of hydrogen-bond donors (Lipinski definition) is 3. The molecule has 0 saturated heterocycles. The van der Waals surface area contributed by atoms with Gasteiger partial charge in [-0.25, -0.2) is 0 Å². The van der Waals surface area contributed by atoms with Crippen molar-refractivity contribution in [2.24, 2.45) is 29.6 Å². The largest absolute Gasteiger partial charge is 0.481 e. The SMILES string of the molecule is CC1C=CC2=C[C@H](C)CCC2C1CCCCC(O)CC(=O)O.CCC(C)C(=O)O. The van der Waals surface area contributed by atoms with Crippen molar-refractivity contribution >= 4 is 11.9 Å². The molecule has 2 rings (SSSR count). The van der Waals surface area contributed by atoms with E-state index < -0.39 is 18.0 Å². The lowest BCUT2D eigenvalue weighted by Crippen LogP contribution is -2.28. The van der Waals surface area contributed by atoms with Gasteiger partial charge in [0.15, 0.2) is 0 Å². The van der Waals surface area contributed by atoms with Gasteiger partial charge in [0.1, 0.15) is 0 Å². The van der Waals surface area contributed by atoms with Gasteiger partial charge in [-0.3, -0.25) is 9.59 Å². The topological polar surface area (TPSA) is 94.8 Å². The van der Waals surface area contributed by atoms with E-state index in [1.165, 1.54) is 24.8 Å². The van der Waals surface area contributed by atoms with Gasteiger partial charge < -0.3 is 15.3 Å². The molecule has 0 aromatic carbocycles. The highest BCUT2D eigenvalue weighted by molar-refractivity contribution is 5.69. The van der Waals surface area contributed by atoms with E-state index in [-0.39, 0.29) is 12.3 Å². The number of fused-ring (bicyclic) bond motifs is 1. The Morgan fingerprint density at radius 3 is 2.41 bits per heavy atom. The Hall–Kier alpha value is -1.62. The van der Waals surface area contributed by atoms with Gasteiger partial charge in [-0.1, -0.05) is 58.8 Å². The van der Waals surface area contributed by atoms with E-state index in [0.717, 1.165) is 19.3 Å². The lowest BCUT2D eigenvalue weighted by Gasteiger charge is -2.38. The summed E-state index contributed by atoms with van der Waals surface area (Å²) in [5.41, 5.74) is 1.53. The monoisotopic (exact) mass is 408 g/mol. The van der Waals surface area contributed by atoms with E-state index in [4.69, 9.17) is 10.2 Å². The van der Waals surface area contributed by atoms with Crippen LogP contribution in [0.4, 0.5) is 0 Å². The summed E-state index contributed by atoms with van der Waals surface area (Å²) < 4.78 is 0. The highest BCUT2D eigenvalue weighted by Crippen LogP contribution is 2.43. The first-order chi connectivity index (χ1) is 13.6. The standard InChI is InChI=1S/C19H30O3.C5H10O2/c1-13-7-10-18-15(11-13)9-8-14(2)17(18)6-4-3-5-16(20)12-19(21)22;1-3-4(2)5(6)7/h8-9,11,13-14,16-18,20H,3-7,10,12H2,1-2H3,(H,21,22);4H,3H2,1-2H3,(H,6,7)/t13-,14?,16?,17?,18?;/m1./s1. The molecule has 0 heterocycles. The molecule has 6 atom stereocenters. The van der Waals surface area contributed by atoms with Gasteiger partial charge in [-0.05, 0) is 61.3 Å². The van der Waals surface area contributed by atoms with Crippen molar-refractivity contribution < 1.29 is 24.9 Å². The second kappa shape index (κ2) is 12.8. The average Bonchev–Trinajstić information content (AvgIpc) is 2.65. The third-order valence-corrected chi connectivity index (χ3v) is 6.39. The molecule has 0 aromatic rings. The van der Waals surface area contributed by atoms with Gasteiger partial charge in [0.25, 0.3) is 0 Å². The van der Waals surface area contributed by atoms with E-state index in [2.05, 4.69) is 32.1 Å². The van der Waals surface area contributed by atoms with Crippen molar-refractivity contribution in [3.05, 3.63) is 23.8 Å². The number of aliphatic hydroxyl groups excluding tert-OH is 1. The molecule has 0 aromatic heterocycles. The fraction of sp³-hybridized carbons (Fsp3) is 0.750. The number of carboxylic acid groups (broad SMARTS) is 2. The summed E-state index contributed by atoms with van der Waals surface area (Å²) in [5, 5.41) is 26.5. The van der Waals surface area contributed by atoms with Crippen LogP contribution in [-0.4, -0.2) is 33.4 Å². The van der Waals surface area contributed by atoms with Crippen molar-refractivity contribution in [3.63, 3.8) is 0 Å². The zero-order chi connectivity index (χ0) is 22.0. The molecule has 3 N–H and O–H groups in total. The van der Waals surface area contributed by atoms with Crippen LogP contribution in [0.25, 0.3) is 0 Å². The van der Waals surface area contributed by atoms with Crippen molar-refractivity contribution in [1.82, 2.24) is 0 Å². The van der Waals surface area contributed by atoms with E-state index >= 15 is 0 Å². The molecule has 166 valence electrons. The number of aliphatic hydroxyl groups is 1. The van der Waals surface area contributed by atoms with Crippen molar-refractivity contribution in [1.29, 1.82) is 0 Å². The molecule has 0 amide bonds. The van der Waals surface area contributed by atoms with Crippen LogP contribution in [0.2, 0.25) is 0 Å². The summed E-state index contributed by atoms with van der Waals surface area (Å²) in [4.78, 5) is 20.5. The summed E-state index contributed by atoms with van der Waals surface area (Å²) in [6.07, 6.45) is 13.4. The van der Waals surface area contributed by atoms with Crippen molar-refractivity contribution in [2.75, 3.05) is 0 Å². The maximum Gasteiger partial charge on any atom is 0.306 e. The van der Waals surface area contributed by atoms with Crippen molar-refractivity contribution in [3.8, 4) is 0 Å². The average molecular weight is 409 g/mol. The first kappa shape index (κ1) is 25.4. The van der Waals surface area contributed by atoms with Gasteiger partial charge in [0.05, 0.1) is 18.4 Å². The zero-order valence-corrected chi connectivity index (χ0v) is 18.5. The fourth-order valence-electron chi connectivity index (χ4n) is 4.26. The second-order valence-corrected chi connectivity index (χ2v) is 8.89. The summed E-state index contributed by atoms with van der Waals surface area (Å²) >= 11 is 0. The van der Waals surface area contributed by atoms with E-state index in [1.54, 1.807) is 6.92 Å². The molecule has 0 bridgehead atoms. The number of hydrogen-bond acceptors (Lipinski definition) is 3. The maximum atomic E-state index is 10.5. The zero-order valence-electron chi connectivity index (χ0n) is 18.5. The third-order valence-electron chi connectivity index (χ3n) is 6.39. The summed E-state index contributed by atoms with van der Waals surface area (Å²) in [6, 6.07) is 0. The van der Waals surface area contributed by atoms with Crippen LogP contribution < -0.4 is 0 Å². The third kappa shape index (κ3) is 9.16. The normalized spacial score (nSPS) is 27.7. The molecule has 2 aliphatic carbocycles. The van der Waals surface area contributed by atoms with Crippen LogP contribution in [0.1, 0.15) is 79.1 Å². The molecule has 0 aliphatic heterocycles. The number of allylic oxidation sites excluding steroid dienone is 4. The Bertz CT molecular complexity index is 580. The number of unbranched alkanes of at least 4 members (excludes halogenated alkanes) is 1. The van der Waals surface area contributed by atoms with Gasteiger partial charge in [-0.2, -0.15) is 0 Å². The van der Waals surface area contributed by atoms with Crippen LogP contribution in [0.3, 0.4) is 0 Å². The fourth-order valence-corrected chi connectivity index (χ4v) is 4.26. The molecule has 5 nitrogen and oxygen atoms in total. The minimum absolute atomic E-state index is 0.129. The highest BCUT2D eigenvalue weighted by Gasteiger charge is 2.32. The number of rotatable bonds is 9. The van der Waals surface area contributed by atoms with E-state index in [0.29, 0.717) is 30.1 Å². The first-order valence-electron chi connectivity index (χ1n) is 11.2. The molecule has 0 fully saturated rings. The van der Waals surface area contributed by atoms with Gasteiger partial charge in [-0.15, -0.1) is 0 Å². The Balaban J connectivity index is 0.000000516. The quantitative estimate of drug-likeness (QED) is 0.450. The Kier molecular flexibility index (Phi) is 11.3. The molecule has 0 spiro atoms. The van der Waals surface area contributed by atoms with Gasteiger partial charge in [0, 0.05) is 0 Å². The predicted molar refractivity (Wildman–Crippen MR) is 116 cm³/mol. The minimum atomic E-state index is -0.912. The molecule has 2 aliphatic rings. The van der Waals surface area contributed by atoms with E-state index in [1.807, 2.05) is 6.92 Å². The van der Waals surface area contributed by atoms with Crippen molar-refractivity contribution in [2.45, 2.75) is 85.2 Å². The highest BCUT2D eigenvalue weighted by atomic mass is 16.4. The smallest absolute Gasteiger partial charge is 0.306 e. The number of carbonyl (C=O) groups is 2. The minimum Gasteiger partial charge on any atom is -0.481 e. The molecule has 5 unspecified atom stereocenters. The van der Waals surface area contributed by atoms with E-state index in [9.17, 15) is 14.7 Å². The summed E-state index contributed by atoms with van der Waals surface area (Å²) in [6.45, 7) is 8.17. The lowest BCUT2D eigenvalue weighted by atomic mass is 9.67. The predicted octanol–water partition coefficient (Wildman–Crippen LogP) is 5.29. The van der Waals surface area contributed by atoms with Crippen LogP contribution in [0.5, 0.6) is 0 Å². The number of carboxylic acids is 2. The Labute approximate surface area is 175 Å². The molecule has 0 radical (unpaired) electrons. The molecule has 5 heteroatoms. The molecular weight excluding hydrogens is 368 g/mol. The van der Waals surface area contributed by atoms with Crippen LogP contribution >= 0.6 is 0 Å². The first-order valence-corrected chi connectivity index (χ1v) is 11.2. The van der Waals surface area contributed by atoms with Crippen LogP contribution in [-0.2, 0) is 9.59 Å². The molecular formula is C24H40O5. The van der Waals surface area contributed by atoms with Crippen LogP contribution in [0, 0.1) is 29.6 Å². The molecule has 29 heavy (non-hydrogen) atoms.